The average Bonchev–Trinajstić information content (AvgIpc) is 0.790. The van der Waals surface area contributed by atoms with Crippen LogP contribution in [0.4, 0.5) is 19.2 Å². The molecule has 0 aliphatic carbocycles. The molecule has 112 heavy (non-hydrogen) atoms. The molecule has 7 aromatic carbocycles. The van der Waals surface area contributed by atoms with E-state index in [2.05, 4.69) is 235 Å². The van der Waals surface area contributed by atoms with Gasteiger partial charge in [0, 0.05) is 68.6 Å². The maximum absolute atomic E-state index is 12.2. The summed E-state index contributed by atoms with van der Waals surface area (Å²) in [4.78, 5) is 53.7. The van der Waals surface area contributed by atoms with Gasteiger partial charge in [-0.3, -0.25) is 26.4 Å². The molecule has 20 nitrogen and oxygen atoms in total. The molecule has 11 rings (SSSR count). The first kappa shape index (κ1) is 101. The van der Waals surface area contributed by atoms with Crippen molar-refractivity contribution < 1.29 is 98.2 Å². The second-order valence-corrected chi connectivity index (χ2v) is 32.5. The Labute approximate surface area is 715 Å². The molecule has 0 saturated carbocycles. The summed E-state index contributed by atoms with van der Waals surface area (Å²) >= 11 is 0. The van der Waals surface area contributed by atoms with Crippen molar-refractivity contribution in [1.82, 2.24) is 30.7 Å². The largest absolute Gasteiger partial charge is 1.00 e. The number of carbonyl (C=O) groups excluding carboxylic acids is 4. The van der Waals surface area contributed by atoms with Crippen LogP contribution in [-0.4, -0.2) is 156 Å². The maximum atomic E-state index is 12.2. The van der Waals surface area contributed by atoms with Gasteiger partial charge < -0.3 is 52.3 Å². The summed E-state index contributed by atoms with van der Waals surface area (Å²) in [6, 6.07) is 76.6. The number of hydrogen-bond acceptors (Lipinski definition) is 18. The molecule has 600 valence electrons. The van der Waals surface area contributed by atoms with E-state index in [-0.39, 0.29) is 107 Å². The van der Waals surface area contributed by atoms with Crippen LogP contribution in [0.1, 0.15) is 175 Å². The van der Waals surface area contributed by atoms with E-state index in [4.69, 9.17) is 24.7 Å². The molecule has 4 heterocycles. The number of hydrazine groups is 1. The minimum absolute atomic E-state index is 0. The van der Waals surface area contributed by atoms with Crippen LogP contribution in [0.2, 0.25) is 0 Å². The minimum Gasteiger partial charge on any atom is -1.00 e. The summed E-state index contributed by atoms with van der Waals surface area (Å²) in [5, 5.41) is 19.1. The molecule has 0 aromatic heterocycles. The number of amides is 2. The van der Waals surface area contributed by atoms with Crippen molar-refractivity contribution in [2.75, 3.05) is 72.0 Å². The number of piperidine rings is 4. The molecule has 4 aliphatic rings. The van der Waals surface area contributed by atoms with Crippen molar-refractivity contribution in [2.24, 2.45) is 17.4 Å². The van der Waals surface area contributed by atoms with Gasteiger partial charge in [0.05, 0.1) is 11.5 Å². The van der Waals surface area contributed by atoms with Gasteiger partial charge in [-0.25, -0.2) is 19.2 Å². The monoisotopic (exact) mass is 1550 g/mol. The van der Waals surface area contributed by atoms with Crippen LogP contribution in [0.25, 0.3) is 0 Å². The Hall–Kier alpha value is -6.88. The Morgan fingerprint density at radius 2 is 0.670 bits per heavy atom. The molecule has 4 saturated heterocycles. The Morgan fingerprint density at radius 3 is 0.946 bits per heavy atom. The summed E-state index contributed by atoms with van der Waals surface area (Å²) in [6.07, 6.45) is 5.42. The van der Waals surface area contributed by atoms with E-state index in [0.29, 0.717) is 13.1 Å². The van der Waals surface area contributed by atoms with Gasteiger partial charge in [0.25, 0.3) is 0 Å². The zero-order valence-electron chi connectivity index (χ0n) is 69.9. The van der Waals surface area contributed by atoms with E-state index in [0.717, 1.165) is 130 Å². The van der Waals surface area contributed by atoms with E-state index in [1.807, 2.05) is 71.9 Å². The summed E-state index contributed by atoms with van der Waals surface area (Å²) in [7, 11) is 0. The number of nitrogens with two attached hydrogens (primary N) is 3. The van der Waals surface area contributed by atoms with Crippen molar-refractivity contribution in [3.63, 3.8) is 0 Å². The molecule has 7 aromatic rings. The van der Waals surface area contributed by atoms with Crippen LogP contribution in [0, 0.1) is 11.3 Å². The van der Waals surface area contributed by atoms with Crippen LogP contribution in [-0.2, 0) is 65.0 Å². The molecule has 0 spiro atoms. The summed E-state index contributed by atoms with van der Waals surface area (Å²) < 4.78 is 24.6. The number of nitrogens with one attached hydrogen (secondary N) is 3. The quantitative estimate of drug-likeness (QED) is 0.0139. The standard InChI is InChI=1S/C24H32N2O2.C19H24N2.C19H20N2.C17H26N2O2.C10H18O5.Al.Li.H4N2.Na.H2O.4H/c1-23(2,3)28-22(27)25-19-24(21-12-8-5-9-13-21)14-16-26(17-15-24)18-20-10-6-4-7-11-20;2*20-16-19(18-9-5-2-6-10-18)11-13-21(14-12-19)15-17-7-3-1-4-8-17;1-16(2,3)21-15(20)19-13-17(9-11-18-12-10-17)14-7-5-4-6-8-14;1-9(2,3)14-7(11)13-8(12)15-10(4,5)6;;;1-2;;;;;;/h4-13H,14-19H2,1-3H3,(H,25,27);1-10H,11-16,20H2;1-10H,11-15H2;4-8,18H,9-13H2,1-3H3,(H,19,20);1-6H3;;;1-2H2;;1H2;;;;/q;;;;;;+1;;+1;;;;;-1/p-1. The predicted octanol–water partition coefficient (Wildman–Crippen LogP) is 8.95. The van der Waals surface area contributed by atoms with E-state index >= 15 is 0 Å². The number of ether oxygens (including phenoxy) is 5. The number of likely N-dealkylation sites (tertiary alicyclic amines) is 3. The third-order valence-corrected chi connectivity index (χ3v) is 19.6. The first-order valence-corrected chi connectivity index (χ1v) is 38.2. The van der Waals surface area contributed by atoms with Gasteiger partial charge in [-0.1, -0.05) is 212 Å². The Bertz CT molecular complexity index is 3750. The normalized spacial score (nSPS) is 16.2. The van der Waals surface area contributed by atoms with Gasteiger partial charge in [-0.15, -0.1) is 0 Å². The molecule has 4 fully saturated rings. The fourth-order valence-electron chi connectivity index (χ4n) is 13.9. The zero-order valence-corrected chi connectivity index (χ0v) is 70.9. The van der Waals surface area contributed by atoms with Gasteiger partial charge in [0.15, 0.2) is 17.4 Å². The second kappa shape index (κ2) is 49.8. The number of nitriles is 1. The van der Waals surface area contributed by atoms with Gasteiger partial charge in [-0.05, 0) is 213 Å². The van der Waals surface area contributed by atoms with Crippen molar-refractivity contribution in [3.05, 3.63) is 251 Å². The smallest absolute Gasteiger partial charge is 1.00 e. The van der Waals surface area contributed by atoms with E-state index < -0.39 is 34.7 Å². The fraction of sp³-hybridized carbons (Fsp3) is 0.472. The van der Waals surface area contributed by atoms with Crippen molar-refractivity contribution in [2.45, 2.75) is 198 Å². The Kier molecular flexibility index (Phi) is 45.0. The van der Waals surface area contributed by atoms with Gasteiger partial charge in [0.1, 0.15) is 22.4 Å². The third-order valence-electron chi connectivity index (χ3n) is 19.6. The molecule has 4 aliphatic heterocycles. The van der Waals surface area contributed by atoms with Crippen LogP contribution < -0.4 is 81.8 Å². The first-order chi connectivity index (χ1) is 51.4. The van der Waals surface area contributed by atoms with Crippen LogP contribution in [0.5, 0.6) is 0 Å². The minimum atomic E-state index is -1.06. The molecule has 2 amide bonds. The molecule has 0 radical (unpaired) electrons. The van der Waals surface area contributed by atoms with Gasteiger partial charge in [-0.2, -0.15) is 5.26 Å². The predicted molar refractivity (Wildman–Crippen MR) is 445 cm³/mol. The second-order valence-electron chi connectivity index (χ2n) is 32.5. The molecule has 23 heteroatoms. The van der Waals surface area contributed by atoms with Crippen molar-refractivity contribution in [3.8, 4) is 6.07 Å². The molecular weight excluding hydrogens is 1430 g/mol. The van der Waals surface area contributed by atoms with E-state index in [9.17, 15) is 24.4 Å². The van der Waals surface area contributed by atoms with Gasteiger partial charge >= 0.3 is 72.9 Å². The number of rotatable bonds is 15. The van der Waals surface area contributed by atoms with E-state index in [1.54, 1.807) is 41.5 Å². The molecular formula is C89H129AlLiN10NaO10. The molecule has 0 unspecified atom stereocenters. The number of alkyl carbamates (subject to hydrolysis) is 2. The van der Waals surface area contributed by atoms with Crippen molar-refractivity contribution in [1.29, 1.82) is 5.26 Å². The number of hydrogen-bond donors (Lipinski definition) is 6. The maximum Gasteiger partial charge on any atom is 1.00 e. The fourth-order valence-corrected chi connectivity index (χ4v) is 13.9. The SMILES string of the molecule is CC(C)(C)OC(=O)NCC1(c2ccccc2)CCN(Cc2ccccc2)CC1.CC(C)(C)OC(=O)NCC1(c2ccccc2)CCNCC1.CC(C)(C)OC(=O)OC(=O)OC(C)(C)C.N#CC1(c2ccccc2)CCN(Cc2ccccc2)CC1.NCC1(c2ccccc2)CCN(Cc2ccccc2)CC1.NN.[AlH3].[H-].[Li+].[Na+].[OH-]. The number of benzene rings is 7. The summed E-state index contributed by atoms with van der Waals surface area (Å²) in [5.41, 5.74) is 12.9. The van der Waals surface area contributed by atoms with Crippen molar-refractivity contribution >= 4 is 41.9 Å². The first-order valence-electron chi connectivity index (χ1n) is 38.2. The number of carbonyl (C=O) groups is 4. The summed E-state index contributed by atoms with van der Waals surface area (Å²) in [5.74, 6) is 8.00. The molecule has 0 bridgehead atoms. The molecule has 10 N–H and O–H groups in total. The topological polar surface area (TPSA) is 292 Å². The van der Waals surface area contributed by atoms with E-state index in [1.165, 1.54) is 38.9 Å². The van der Waals surface area contributed by atoms with Crippen LogP contribution in [0.3, 0.4) is 0 Å². The van der Waals surface area contributed by atoms with Gasteiger partial charge in [0.2, 0.25) is 0 Å². The summed E-state index contributed by atoms with van der Waals surface area (Å²) in [6.45, 7) is 34.5. The third kappa shape index (κ3) is 35.9. The average molecular weight is 1560 g/mol. The molecule has 0 atom stereocenters. The Morgan fingerprint density at radius 1 is 0.420 bits per heavy atom. The van der Waals surface area contributed by atoms with Crippen LogP contribution in [0.15, 0.2) is 212 Å². The number of nitrogens with zero attached hydrogens (tertiary/aromatic N) is 4. The zero-order chi connectivity index (χ0) is 78.8. The van der Waals surface area contributed by atoms with Crippen LogP contribution >= 0.6 is 0 Å². The Balaban J connectivity index is 0.000000703.